The number of carbonyl (C=O) groups is 1. The molecule has 8 heteroatoms. The molecule has 0 saturated heterocycles. The van der Waals surface area contributed by atoms with Gasteiger partial charge in [-0.25, -0.2) is 9.78 Å². The molecule has 3 rings (SSSR count). The van der Waals surface area contributed by atoms with E-state index in [0.717, 1.165) is 5.56 Å². The van der Waals surface area contributed by atoms with Crippen LogP contribution in [-0.4, -0.2) is 27.5 Å². The van der Waals surface area contributed by atoms with Crippen LogP contribution in [0.3, 0.4) is 0 Å². The highest BCUT2D eigenvalue weighted by Gasteiger charge is 2.24. The van der Waals surface area contributed by atoms with Gasteiger partial charge in [0.15, 0.2) is 4.77 Å². The van der Waals surface area contributed by atoms with Gasteiger partial charge < -0.3 is 9.72 Å². The summed E-state index contributed by atoms with van der Waals surface area (Å²) in [6.45, 7) is 3.53. The Morgan fingerprint density at radius 2 is 1.93 bits per heavy atom. The van der Waals surface area contributed by atoms with Gasteiger partial charge in [-0.3, -0.25) is 10.1 Å². The number of nitro benzene ring substituents is 1. The molecular formula is C20H17N3O4S. The van der Waals surface area contributed by atoms with E-state index >= 15 is 0 Å². The molecule has 0 fully saturated rings. The number of hydrogen-bond donors (Lipinski definition) is 1. The molecular weight excluding hydrogens is 378 g/mol. The first kappa shape index (κ1) is 19.4. The van der Waals surface area contributed by atoms with Gasteiger partial charge in [-0.1, -0.05) is 42.5 Å². The van der Waals surface area contributed by atoms with Gasteiger partial charge in [-0.15, -0.1) is 0 Å². The molecule has 0 unspecified atom stereocenters. The quantitative estimate of drug-likeness (QED) is 0.286. The molecule has 0 amide bonds. The maximum atomic E-state index is 12.8. The summed E-state index contributed by atoms with van der Waals surface area (Å²) < 4.78 is 5.38. The number of carbonyl (C=O) groups excluding carboxylic acids is 1. The molecule has 0 atom stereocenters. The zero-order valence-electron chi connectivity index (χ0n) is 15.3. The molecule has 142 valence electrons. The fourth-order valence-corrected chi connectivity index (χ4v) is 3.05. The van der Waals surface area contributed by atoms with Crippen molar-refractivity contribution >= 4 is 23.9 Å². The van der Waals surface area contributed by atoms with E-state index in [1.807, 2.05) is 30.3 Å². The lowest BCUT2D eigenvalue weighted by atomic mass is 9.99. The molecule has 28 heavy (non-hydrogen) atoms. The second kappa shape index (κ2) is 8.10. The van der Waals surface area contributed by atoms with Crippen molar-refractivity contribution < 1.29 is 14.5 Å². The zero-order valence-corrected chi connectivity index (χ0v) is 16.1. The molecule has 0 bridgehead atoms. The average molecular weight is 395 g/mol. The van der Waals surface area contributed by atoms with Gasteiger partial charge in [0.05, 0.1) is 22.9 Å². The number of ether oxygens (including phenoxy) is 1. The summed E-state index contributed by atoms with van der Waals surface area (Å²) in [6.07, 6.45) is 0. The van der Waals surface area contributed by atoms with Crippen molar-refractivity contribution in [2.45, 2.75) is 13.8 Å². The van der Waals surface area contributed by atoms with Gasteiger partial charge in [-0.2, -0.15) is 0 Å². The number of nitro groups is 1. The highest BCUT2D eigenvalue weighted by molar-refractivity contribution is 7.71. The van der Waals surface area contributed by atoms with Crippen molar-refractivity contribution in [2.75, 3.05) is 6.61 Å². The molecule has 7 nitrogen and oxygen atoms in total. The highest BCUT2D eigenvalue weighted by atomic mass is 32.1. The first-order chi connectivity index (χ1) is 13.4. The largest absolute Gasteiger partial charge is 0.462 e. The van der Waals surface area contributed by atoms with Crippen LogP contribution in [0.15, 0.2) is 48.5 Å². The topological polar surface area (TPSA) is 98.1 Å². The van der Waals surface area contributed by atoms with Gasteiger partial charge in [0.25, 0.3) is 5.69 Å². The predicted molar refractivity (Wildman–Crippen MR) is 108 cm³/mol. The Morgan fingerprint density at radius 1 is 1.21 bits per heavy atom. The fourth-order valence-electron chi connectivity index (χ4n) is 2.86. The number of aromatic amines is 1. The Hall–Kier alpha value is -3.39. The summed E-state index contributed by atoms with van der Waals surface area (Å²) in [7, 11) is 0. The van der Waals surface area contributed by atoms with Crippen molar-refractivity contribution in [1.29, 1.82) is 0 Å². The lowest BCUT2D eigenvalue weighted by molar-refractivity contribution is -0.385. The molecule has 0 saturated carbocycles. The maximum Gasteiger partial charge on any atom is 0.342 e. The van der Waals surface area contributed by atoms with Gasteiger partial charge in [-0.05, 0) is 31.6 Å². The number of aromatic nitrogens is 2. The molecule has 0 radical (unpaired) electrons. The summed E-state index contributed by atoms with van der Waals surface area (Å²) in [5.41, 5.74) is 2.46. The Kier molecular flexibility index (Phi) is 5.60. The molecule has 0 aliphatic rings. The van der Waals surface area contributed by atoms with E-state index in [2.05, 4.69) is 9.97 Å². The third-order valence-electron chi connectivity index (χ3n) is 4.15. The predicted octanol–water partition coefficient (Wildman–Crippen LogP) is 4.87. The van der Waals surface area contributed by atoms with Crippen molar-refractivity contribution in [3.63, 3.8) is 0 Å². The normalized spacial score (nSPS) is 10.5. The number of aryl methyl sites for hydroxylation is 1. The Bertz CT molecular complexity index is 1110. The molecule has 1 heterocycles. The molecule has 0 aliphatic heterocycles. The first-order valence-electron chi connectivity index (χ1n) is 8.54. The van der Waals surface area contributed by atoms with Crippen molar-refractivity contribution in [3.8, 4) is 22.5 Å². The lowest BCUT2D eigenvalue weighted by Crippen LogP contribution is -2.12. The van der Waals surface area contributed by atoms with Gasteiger partial charge >= 0.3 is 5.97 Å². The summed E-state index contributed by atoms with van der Waals surface area (Å²) in [4.78, 5) is 30.9. The number of esters is 1. The Labute approximate surface area is 166 Å². The smallest absolute Gasteiger partial charge is 0.342 e. The SMILES string of the molecule is CCOC(=O)c1c(-c2ccc(C)c([N+](=O)[O-])c2)nc(=S)[nH]c1-c1ccccc1. The molecule has 2 aromatic carbocycles. The van der Waals surface area contributed by atoms with Gasteiger partial charge in [0.1, 0.15) is 5.56 Å². The van der Waals surface area contributed by atoms with E-state index in [-0.39, 0.29) is 28.3 Å². The minimum absolute atomic E-state index is 0.0610. The number of benzene rings is 2. The summed E-state index contributed by atoms with van der Waals surface area (Å²) >= 11 is 5.26. The summed E-state index contributed by atoms with van der Waals surface area (Å²) in [6, 6.07) is 13.9. The third kappa shape index (κ3) is 3.81. The standard InChI is InChI=1S/C20H17N3O4S/c1-3-27-19(24)16-17(13-7-5-4-6-8-13)21-20(28)22-18(16)14-10-9-12(2)15(11-14)23(25)26/h4-11H,3H2,1-2H3,(H,21,22,28). The van der Waals surface area contributed by atoms with Crippen molar-refractivity contribution in [2.24, 2.45) is 0 Å². The van der Waals surface area contributed by atoms with Crippen LogP contribution in [0.1, 0.15) is 22.8 Å². The van der Waals surface area contributed by atoms with Crippen LogP contribution < -0.4 is 0 Å². The summed E-state index contributed by atoms with van der Waals surface area (Å²) in [5.74, 6) is -0.585. The van der Waals surface area contributed by atoms with Crippen molar-refractivity contribution in [1.82, 2.24) is 9.97 Å². The van der Waals surface area contributed by atoms with E-state index in [0.29, 0.717) is 16.8 Å². The molecule has 0 spiro atoms. The van der Waals surface area contributed by atoms with Gasteiger partial charge in [0, 0.05) is 17.2 Å². The number of nitrogens with one attached hydrogen (secondary N) is 1. The maximum absolute atomic E-state index is 12.8. The minimum atomic E-state index is -0.585. The second-order valence-electron chi connectivity index (χ2n) is 5.99. The second-order valence-corrected chi connectivity index (χ2v) is 6.37. The van der Waals surface area contributed by atoms with Crippen LogP contribution in [0.5, 0.6) is 0 Å². The lowest BCUT2D eigenvalue weighted by Gasteiger charge is -2.14. The van der Waals surface area contributed by atoms with E-state index < -0.39 is 10.9 Å². The Morgan fingerprint density at radius 3 is 2.57 bits per heavy atom. The highest BCUT2D eigenvalue weighted by Crippen LogP contribution is 2.32. The van der Waals surface area contributed by atoms with Crippen LogP contribution in [0.25, 0.3) is 22.5 Å². The molecule has 1 N–H and O–H groups in total. The monoisotopic (exact) mass is 395 g/mol. The zero-order chi connectivity index (χ0) is 20.3. The third-order valence-corrected chi connectivity index (χ3v) is 4.35. The number of hydrogen-bond acceptors (Lipinski definition) is 6. The van der Waals surface area contributed by atoms with Crippen LogP contribution in [-0.2, 0) is 4.74 Å². The minimum Gasteiger partial charge on any atom is -0.462 e. The fraction of sp³-hybridized carbons (Fsp3) is 0.150. The van der Waals surface area contributed by atoms with Gasteiger partial charge in [0.2, 0.25) is 0 Å². The number of rotatable bonds is 5. The van der Waals surface area contributed by atoms with Crippen LogP contribution in [0, 0.1) is 21.8 Å². The molecule has 0 aliphatic carbocycles. The first-order valence-corrected chi connectivity index (χ1v) is 8.95. The van der Waals surface area contributed by atoms with Crippen LogP contribution >= 0.6 is 12.2 Å². The Balaban J connectivity index is 2.34. The molecule has 3 aromatic rings. The van der Waals surface area contributed by atoms with E-state index in [1.165, 1.54) is 6.07 Å². The van der Waals surface area contributed by atoms with Crippen LogP contribution in [0.2, 0.25) is 0 Å². The van der Waals surface area contributed by atoms with E-state index in [4.69, 9.17) is 17.0 Å². The number of H-pyrrole nitrogens is 1. The number of nitrogens with zero attached hydrogens (tertiary/aromatic N) is 2. The summed E-state index contributed by atoms with van der Waals surface area (Å²) in [5, 5.41) is 11.3. The van der Waals surface area contributed by atoms with E-state index in [9.17, 15) is 14.9 Å². The van der Waals surface area contributed by atoms with Crippen LogP contribution in [0.4, 0.5) is 5.69 Å². The molecule has 1 aromatic heterocycles. The van der Waals surface area contributed by atoms with Crippen molar-refractivity contribution in [3.05, 3.63) is 74.5 Å². The van der Waals surface area contributed by atoms with E-state index in [1.54, 1.807) is 26.0 Å². The average Bonchev–Trinajstić information content (AvgIpc) is 2.68.